The van der Waals surface area contributed by atoms with Gasteiger partial charge in [0.1, 0.15) is 5.69 Å². The maximum atomic E-state index is 12.9. The van der Waals surface area contributed by atoms with Crippen molar-refractivity contribution >= 4 is 156 Å². The molecule has 7 heterocycles. The quantitative estimate of drug-likeness (QED) is 0.0620. The monoisotopic (exact) mass is 1580 g/mol. The minimum Gasteiger partial charge on any atom is -0.321 e. The van der Waals surface area contributed by atoms with Crippen LogP contribution >= 0.6 is 0 Å². The number of rotatable bonds is 18. The molecule has 8 aromatic carbocycles. The third-order valence-corrected chi connectivity index (χ3v) is 24.7. The van der Waals surface area contributed by atoms with Gasteiger partial charge in [0.15, 0.2) is 0 Å². The van der Waals surface area contributed by atoms with Gasteiger partial charge in [-0.15, -0.1) is 0 Å². The van der Waals surface area contributed by atoms with E-state index in [2.05, 4.69) is 70.6 Å². The molecule has 0 fully saturated rings. The number of nitrogens with zero attached hydrogens (tertiary/aromatic N) is 11. The molecule has 4 N–H and O–H groups in total. The van der Waals surface area contributed by atoms with Crippen LogP contribution in [0.3, 0.4) is 0 Å². The van der Waals surface area contributed by atoms with E-state index in [1.54, 1.807) is 137 Å². The van der Waals surface area contributed by atoms with Crippen LogP contribution < -0.4 is 23.8 Å². The first kappa shape index (κ1) is 80.6. The van der Waals surface area contributed by atoms with Crippen molar-refractivity contribution in [3.05, 3.63) is 278 Å². The summed E-state index contributed by atoms with van der Waals surface area (Å²) < 4.78 is 106. The Hall–Kier alpha value is -12.4. The van der Waals surface area contributed by atoms with E-state index in [4.69, 9.17) is 0 Å². The molecule has 0 bridgehead atoms. The fourth-order valence-corrected chi connectivity index (χ4v) is 19.2. The number of amides is 2. The van der Waals surface area contributed by atoms with Crippen LogP contribution in [0.25, 0.3) is 76.1 Å². The summed E-state index contributed by atoms with van der Waals surface area (Å²) >= 11 is 0. The molecular formula is C83H81N15O10S4. The lowest BCUT2D eigenvalue weighted by Crippen LogP contribution is -2.41. The molecule has 15 aromatic rings. The van der Waals surface area contributed by atoms with Gasteiger partial charge in [-0.05, 0) is 166 Å². The van der Waals surface area contributed by atoms with Crippen molar-refractivity contribution in [2.24, 2.45) is 17.8 Å². The highest BCUT2D eigenvalue weighted by molar-refractivity contribution is 8.10. The molecule has 0 radical (unpaired) electrons. The first-order valence-corrected chi connectivity index (χ1v) is 41.9. The topological polar surface area (TPSA) is 351 Å². The molecule has 29 heteroatoms. The first-order valence-electron chi connectivity index (χ1n) is 35.5. The Kier molecular flexibility index (Phi) is 25.5. The zero-order valence-corrected chi connectivity index (χ0v) is 65.9. The van der Waals surface area contributed by atoms with Crippen molar-refractivity contribution in [3.63, 3.8) is 0 Å². The number of para-hydroxylation sites is 1. The van der Waals surface area contributed by atoms with Crippen LogP contribution in [0.4, 0.5) is 28.4 Å². The van der Waals surface area contributed by atoms with E-state index in [0.717, 1.165) is 82.5 Å². The highest BCUT2D eigenvalue weighted by Crippen LogP contribution is 2.34. The van der Waals surface area contributed by atoms with E-state index in [1.807, 2.05) is 162 Å². The summed E-state index contributed by atoms with van der Waals surface area (Å²) in [6.07, 6.45) is 8.22. The maximum absolute atomic E-state index is 12.9. The first-order chi connectivity index (χ1) is 53.5. The lowest BCUT2D eigenvalue weighted by atomic mass is 10.1. The Morgan fingerprint density at radius 3 is 1.41 bits per heavy atom. The molecule has 7 aromatic heterocycles. The van der Waals surface area contributed by atoms with Crippen LogP contribution in [-0.2, 0) is 40.1 Å². The summed E-state index contributed by atoms with van der Waals surface area (Å²) in [6, 6.07) is 64.8. The number of aromatic nitrogens is 10. The minimum absolute atomic E-state index is 0.0964. The lowest BCUT2D eigenvalue weighted by molar-refractivity contribution is 0.101. The van der Waals surface area contributed by atoms with E-state index < -0.39 is 40.1 Å². The van der Waals surface area contributed by atoms with E-state index in [0.29, 0.717) is 48.3 Å². The molecule has 0 atom stereocenters. The molecule has 25 nitrogen and oxygen atoms in total. The summed E-state index contributed by atoms with van der Waals surface area (Å²) in [5, 5.41) is 37.7. The average molecular weight is 1580 g/mol. The van der Waals surface area contributed by atoms with E-state index in [1.165, 1.54) is 12.3 Å². The molecule has 0 aliphatic carbocycles. The van der Waals surface area contributed by atoms with Gasteiger partial charge >= 0.3 is 0 Å². The van der Waals surface area contributed by atoms with Gasteiger partial charge in [-0.1, -0.05) is 133 Å². The zero-order valence-electron chi connectivity index (χ0n) is 62.7. The molecule has 0 spiro atoms. The SMILES string of the molecule is CC(C)CS(=O)(=O)N(c1cccc2cnccc12)S(=O)(=O)CC(C)C.CC(C)CS(=O)(=O)Nc1cccc2cnccc12.Cc1cc2c(NC(=O)c3ccc4ccccc4n3)cccc2nn1.Cc1cc2c(NC(=O)c3ccc4ncccc4c3)cccc2nn1.Cc1cc2c(NS(=O)(=O)c3ccccc3)cccc2nn1. The Bertz CT molecular complexity index is 6220. The van der Waals surface area contributed by atoms with Crippen molar-refractivity contribution in [1.82, 2.24) is 50.5 Å². The van der Waals surface area contributed by atoms with Crippen LogP contribution in [0, 0.1) is 38.5 Å². The Balaban J connectivity index is 0.000000139. The second-order valence-electron chi connectivity index (χ2n) is 27.4. The number of hydrogen-bond acceptors (Lipinski definition) is 20. The standard InChI is InChI=1S/2C19H14N4O.C17H24N2O4S2.C15H13N3O2S.C13H16N2O2S/c1-12-10-15-17(5-2-6-18(15)23-22-12)21-19(24)14-7-8-16-13(11-14)4-3-9-20-16;1-12-11-14-16(7-4-8-17(14)23-22-12)21-19(24)18-10-9-13-5-2-3-6-15(13)20-18;1-13(2)11-24(20,21)19(25(22,23)12-14(3)4)17-7-5-6-15-10-18-9-8-16(15)17;1-11-10-13-14(17-16-11)8-5-9-15(13)18-21(19,20)12-6-3-2-4-7-12;1-10(2)9-18(16,17)15-13-5-3-4-11-8-14-7-6-12(11)13/h2*2-11H,1H3,(H,21,24);5-10,13-14H,11-12H2,1-4H3;2-10,18H,1H3;3-8,10,15H,9H2,1-2H3. The second-order valence-corrected chi connectivity index (χ2v) is 34.8. The van der Waals surface area contributed by atoms with Crippen LogP contribution in [-0.4, -0.2) is 113 Å². The van der Waals surface area contributed by atoms with Gasteiger partial charge in [0, 0.05) is 85.0 Å². The van der Waals surface area contributed by atoms with Crippen molar-refractivity contribution < 1.29 is 43.3 Å². The number of anilines is 5. The maximum Gasteiger partial charge on any atom is 0.274 e. The molecule has 0 aliphatic heterocycles. The number of pyridine rings is 4. The average Bonchev–Trinajstić information content (AvgIpc) is 0.754. The van der Waals surface area contributed by atoms with Gasteiger partial charge < -0.3 is 10.6 Å². The van der Waals surface area contributed by atoms with Crippen molar-refractivity contribution in [3.8, 4) is 0 Å². The molecule has 0 saturated carbocycles. The fourth-order valence-electron chi connectivity index (χ4n) is 12.0. The fraction of sp³-hybridized carbons (Fsp3) is 0.181. The molecule has 572 valence electrons. The summed E-state index contributed by atoms with van der Waals surface area (Å²) in [6.45, 7) is 16.3. The molecular weight excluding hydrogens is 1500 g/mol. The summed E-state index contributed by atoms with van der Waals surface area (Å²) in [4.78, 5) is 42.2. The van der Waals surface area contributed by atoms with Gasteiger partial charge in [-0.3, -0.25) is 34.0 Å². The number of nitrogens with one attached hydrogen (secondary N) is 4. The number of carbonyl (C=O) groups is 2. The third kappa shape index (κ3) is 20.7. The molecule has 0 saturated heterocycles. The van der Waals surface area contributed by atoms with Gasteiger partial charge in [-0.25, -0.2) is 38.7 Å². The van der Waals surface area contributed by atoms with E-state index in [-0.39, 0.29) is 57.4 Å². The number of benzene rings is 8. The van der Waals surface area contributed by atoms with Gasteiger partial charge in [0.05, 0.1) is 95.3 Å². The number of hydrogen-bond donors (Lipinski definition) is 4. The molecule has 0 aliphatic rings. The zero-order chi connectivity index (χ0) is 79.9. The van der Waals surface area contributed by atoms with E-state index >= 15 is 0 Å². The highest BCUT2D eigenvalue weighted by Gasteiger charge is 2.36. The molecule has 0 unspecified atom stereocenters. The number of carbonyl (C=O) groups excluding carboxylic acids is 2. The largest absolute Gasteiger partial charge is 0.321 e. The van der Waals surface area contributed by atoms with Crippen LogP contribution in [0.1, 0.15) is 79.5 Å². The Labute approximate surface area is 649 Å². The smallest absolute Gasteiger partial charge is 0.274 e. The number of sulfonamides is 4. The normalized spacial score (nSPS) is 11.6. The summed E-state index contributed by atoms with van der Waals surface area (Å²) in [5.41, 5.74) is 9.78. The van der Waals surface area contributed by atoms with Gasteiger partial charge in [0.25, 0.3) is 21.8 Å². The summed E-state index contributed by atoms with van der Waals surface area (Å²) in [7, 11) is -15.0. The van der Waals surface area contributed by atoms with Crippen molar-refractivity contribution in [1.29, 1.82) is 0 Å². The third-order valence-electron chi connectivity index (χ3n) is 16.7. The Morgan fingerprint density at radius 1 is 0.375 bits per heavy atom. The van der Waals surface area contributed by atoms with Crippen LogP contribution in [0.15, 0.2) is 254 Å². The van der Waals surface area contributed by atoms with Crippen molar-refractivity contribution in [2.45, 2.75) is 67.2 Å². The minimum atomic E-state index is -4.04. The molecule has 15 rings (SSSR count). The lowest BCUT2D eigenvalue weighted by Gasteiger charge is -2.26. The van der Waals surface area contributed by atoms with Crippen LogP contribution in [0.2, 0.25) is 0 Å². The highest BCUT2D eigenvalue weighted by atomic mass is 32.3. The molecule has 2 amide bonds. The van der Waals surface area contributed by atoms with Gasteiger partial charge in [-0.2, -0.15) is 34.3 Å². The van der Waals surface area contributed by atoms with Crippen molar-refractivity contribution in [2.75, 3.05) is 41.0 Å². The van der Waals surface area contributed by atoms with E-state index in [9.17, 15) is 43.3 Å². The summed E-state index contributed by atoms with van der Waals surface area (Å²) in [5.74, 6) is -1.08. The number of aryl methyl sites for hydroxylation is 3. The predicted molar refractivity (Wildman–Crippen MR) is 445 cm³/mol. The second kappa shape index (κ2) is 35.5. The van der Waals surface area contributed by atoms with Gasteiger partial charge in [0.2, 0.25) is 30.1 Å². The molecule has 112 heavy (non-hydrogen) atoms. The van der Waals surface area contributed by atoms with Crippen LogP contribution in [0.5, 0.6) is 0 Å². The predicted octanol–water partition coefficient (Wildman–Crippen LogP) is 15.9. The number of fused-ring (bicyclic) bond motifs is 7. The Morgan fingerprint density at radius 2 is 0.839 bits per heavy atom.